The van der Waals surface area contributed by atoms with Crippen LogP contribution >= 0.6 is 12.6 Å². The standard InChI is InChI=1S/C6H12O2S.Na/c1-4(2)3-5(9)6(7)8;/h4-5,9H,3H2,1-2H3,(H,7,8);/q;+1/p-1/t5-;/m1./s1. The molecule has 0 radical (unpaired) electrons. The molecule has 54 valence electrons. The zero-order chi connectivity index (χ0) is 7.44. The maximum Gasteiger partial charge on any atom is 1.00 e. The van der Waals surface area contributed by atoms with Gasteiger partial charge in [-0.15, -0.1) is 0 Å². The van der Waals surface area contributed by atoms with Gasteiger partial charge < -0.3 is 9.90 Å². The van der Waals surface area contributed by atoms with Crippen LogP contribution in [0.15, 0.2) is 0 Å². The van der Waals surface area contributed by atoms with Gasteiger partial charge in [0.25, 0.3) is 0 Å². The van der Waals surface area contributed by atoms with Crippen LogP contribution < -0.4 is 34.7 Å². The summed E-state index contributed by atoms with van der Waals surface area (Å²) in [6, 6.07) is 0. The molecule has 0 saturated heterocycles. The molecule has 0 aliphatic heterocycles. The second-order valence-electron chi connectivity index (χ2n) is 2.46. The molecule has 4 heteroatoms. The average molecular weight is 170 g/mol. The van der Waals surface area contributed by atoms with Gasteiger partial charge in [0.1, 0.15) is 0 Å². The largest absolute Gasteiger partial charge is 1.00 e. The van der Waals surface area contributed by atoms with E-state index in [0.29, 0.717) is 12.3 Å². The molecule has 0 aliphatic carbocycles. The fourth-order valence-electron chi connectivity index (χ4n) is 0.543. The van der Waals surface area contributed by atoms with Crippen LogP contribution in [0.4, 0.5) is 0 Å². The van der Waals surface area contributed by atoms with Crippen LogP contribution in [0, 0.1) is 5.92 Å². The van der Waals surface area contributed by atoms with Gasteiger partial charge in [-0.2, -0.15) is 12.6 Å². The first-order valence-corrected chi connectivity index (χ1v) is 3.44. The number of carboxylic acid groups (broad SMARTS) is 1. The smallest absolute Gasteiger partial charge is 0.549 e. The van der Waals surface area contributed by atoms with Gasteiger partial charge in [0, 0.05) is 5.25 Å². The van der Waals surface area contributed by atoms with Gasteiger partial charge in [0.05, 0.1) is 5.97 Å². The summed E-state index contributed by atoms with van der Waals surface area (Å²) in [5, 5.41) is 9.44. The van der Waals surface area contributed by atoms with Crippen molar-refractivity contribution in [2.45, 2.75) is 25.5 Å². The fraction of sp³-hybridized carbons (Fsp3) is 0.833. The van der Waals surface area contributed by atoms with Gasteiger partial charge in [-0.25, -0.2) is 0 Å². The van der Waals surface area contributed by atoms with Crippen molar-refractivity contribution in [1.82, 2.24) is 0 Å². The molecule has 0 unspecified atom stereocenters. The van der Waals surface area contributed by atoms with Gasteiger partial charge >= 0.3 is 29.6 Å². The molecule has 0 amide bonds. The van der Waals surface area contributed by atoms with Gasteiger partial charge in [0.15, 0.2) is 0 Å². The molecular weight excluding hydrogens is 159 g/mol. The van der Waals surface area contributed by atoms with E-state index in [2.05, 4.69) is 12.6 Å². The van der Waals surface area contributed by atoms with Crippen LogP contribution in [0.25, 0.3) is 0 Å². The molecular formula is C6H11NaO2S. The van der Waals surface area contributed by atoms with Crippen molar-refractivity contribution in [2.24, 2.45) is 5.92 Å². The summed E-state index contributed by atoms with van der Waals surface area (Å²) in [5.74, 6) is -0.711. The predicted molar refractivity (Wildman–Crippen MR) is 37.2 cm³/mol. The molecule has 0 aromatic carbocycles. The summed E-state index contributed by atoms with van der Waals surface area (Å²) in [7, 11) is 0. The third-order valence-corrected chi connectivity index (χ3v) is 1.39. The predicted octanol–water partition coefficient (Wildman–Crippen LogP) is -2.92. The van der Waals surface area contributed by atoms with E-state index in [9.17, 15) is 9.90 Å². The number of rotatable bonds is 3. The van der Waals surface area contributed by atoms with Crippen molar-refractivity contribution in [3.63, 3.8) is 0 Å². The summed E-state index contributed by atoms with van der Waals surface area (Å²) < 4.78 is 0. The Bertz CT molecular complexity index is 106. The second kappa shape index (κ2) is 6.53. The molecule has 1 atom stereocenters. The van der Waals surface area contributed by atoms with E-state index in [1.807, 2.05) is 13.8 Å². The Morgan fingerprint density at radius 3 is 2.10 bits per heavy atom. The first kappa shape index (κ1) is 13.4. The third kappa shape index (κ3) is 6.93. The number of aliphatic carboxylic acids is 1. The Morgan fingerprint density at radius 1 is 1.60 bits per heavy atom. The quantitative estimate of drug-likeness (QED) is 0.364. The monoisotopic (exact) mass is 170 g/mol. The summed E-state index contributed by atoms with van der Waals surface area (Å²) in [6.45, 7) is 3.90. The number of hydrogen-bond acceptors (Lipinski definition) is 3. The number of hydrogen-bond donors (Lipinski definition) is 1. The molecule has 0 aromatic rings. The van der Waals surface area contributed by atoms with Gasteiger partial charge in [-0.1, -0.05) is 13.8 Å². The van der Waals surface area contributed by atoms with E-state index in [0.717, 1.165) is 0 Å². The van der Waals surface area contributed by atoms with Crippen LogP contribution in [0.3, 0.4) is 0 Å². The minimum Gasteiger partial charge on any atom is -0.549 e. The van der Waals surface area contributed by atoms with Crippen molar-refractivity contribution in [2.75, 3.05) is 0 Å². The molecule has 0 fully saturated rings. The van der Waals surface area contributed by atoms with Crippen molar-refractivity contribution in [1.29, 1.82) is 0 Å². The van der Waals surface area contributed by atoms with E-state index in [-0.39, 0.29) is 29.6 Å². The average Bonchev–Trinajstić information content (AvgIpc) is 1.63. The van der Waals surface area contributed by atoms with Crippen molar-refractivity contribution in [3.8, 4) is 0 Å². The number of carboxylic acids is 1. The molecule has 0 bridgehead atoms. The Hall–Kier alpha value is 0.820. The van der Waals surface area contributed by atoms with Gasteiger partial charge in [0.2, 0.25) is 0 Å². The molecule has 0 heterocycles. The minimum absolute atomic E-state index is 0. The van der Waals surface area contributed by atoms with Crippen molar-refractivity contribution >= 4 is 18.6 Å². The molecule has 0 saturated carbocycles. The van der Waals surface area contributed by atoms with Gasteiger partial charge in [-0.3, -0.25) is 0 Å². The zero-order valence-corrected chi connectivity index (χ0v) is 9.52. The Labute approximate surface area is 89.1 Å². The normalized spacial score (nSPS) is 12.4. The van der Waals surface area contributed by atoms with Gasteiger partial charge in [-0.05, 0) is 12.3 Å². The number of carbonyl (C=O) groups excluding carboxylic acids is 1. The van der Waals surface area contributed by atoms with Crippen molar-refractivity contribution < 1.29 is 39.5 Å². The molecule has 0 aromatic heterocycles. The first-order valence-electron chi connectivity index (χ1n) is 2.93. The Kier molecular flexibility index (Phi) is 8.75. The SMILES string of the molecule is CC(C)C[C@@H](S)C(=O)[O-].[Na+]. The van der Waals surface area contributed by atoms with Crippen LogP contribution in [0.1, 0.15) is 20.3 Å². The van der Waals surface area contributed by atoms with Crippen molar-refractivity contribution in [3.05, 3.63) is 0 Å². The summed E-state index contributed by atoms with van der Waals surface area (Å²) >= 11 is 3.80. The van der Waals surface area contributed by atoms with E-state index in [1.165, 1.54) is 0 Å². The maximum absolute atomic E-state index is 10.0. The Balaban J connectivity index is 0. The molecule has 2 nitrogen and oxygen atoms in total. The topological polar surface area (TPSA) is 40.1 Å². The van der Waals surface area contributed by atoms with Crippen LogP contribution in [0.5, 0.6) is 0 Å². The molecule has 10 heavy (non-hydrogen) atoms. The number of thiol groups is 1. The minimum atomic E-state index is -1.08. The third-order valence-electron chi connectivity index (χ3n) is 0.967. The maximum atomic E-state index is 10.0. The first-order chi connectivity index (χ1) is 4.04. The second-order valence-corrected chi connectivity index (χ2v) is 3.09. The van der Waals surface area contributed by atoms with E-state index >= 15 is 0 Å². The summed E-state index contributed by atoms with van der Waals surface area (Å²) in [4.78, 5) is 10.0. The van der Waals surface area contributed by atoms with E-state index in [1.54, 1.807) is 0 Å². The van der Waals surface area contributed by atoms with E-state index in [4.69, 9.17) is 0 Å². The van der Waals surface area contributed by atoms with Crippen LogP contribution in [0.2, 0.25) is 0 Å². The number of carbonyl (C=O) groups is 1. The molecule has 0 N–H and O–H groups in total. The fourth-order valence-corrected chi connectivity index (χ4v) is 0.964. The summed E-state index contributed by atoms with van der Waals surface area (Å²) in [6.07, 6.45) is 0.575. The summed E-state index contributed by atoms with van der Waals surface area (Å²) in [5.41, 5.74) is 0. The zero-order valence-electron chi connectivity index (χ0n) is 6.63. The molecule has 0 aliphatic rings. The molecule has 0 rings (SSSR count). The molecule has 0 spiro atoms. The van der Waals surface area contributed by atoms with Crippen LogP contribution in [-0.4, -0.2) is 11.2 Å². The van der Waals surface area contributed by atoms with Crippen LogP contribution in [-0.2, 0) is 4.79 Å². The Morgan fingerprint density at radius 2 is 2.00 bits per heavy atom. The van der Waals surface area contributed by atoms with E-state index < -0.39 is 11.2 Å².